The summed E-state index contributed by atoms with van der Waals surface area (Å²) >= 11 is 8.80. The Morgan fingerprint density at radius 3 is 2.72 bits per heavy atom. The van der Waals surface area contributed by atoms with Crippen molar-refractivity contribution in [2.24, 2.45) is 0 Å². The molecule has 3 aromatic rings. The molecule has 6 nitrogen and oxygen atoms in total. The van der Waals surface area contributed by atoms with Gasteiger partial charge in [0, 0.05) is 12.1 Å². The Bertz CT molecular complexity index is 981. The van der Waals surface area contributed by atoms with Gasteiger partial charge in [0.15, 0.2) is 21.7 Å². The lowest BCUT2D eigenvalue weighted by atomic mass is 10.1. The van der Waals surface area contributed by atoms with Crippen molar-refractivity contribution < 1.29 is 14.3 Å². The summed E-state index contributed by atoms with van der Waals surface area (Å²) in [6.07, 6.45) is 0.701. The summed E-state index contributed by atoms with van der Waals surface area (Å²) in [7, 11) is 3.20. The highest BCUT2D eigenvalue weighted by Crippen LogP contribution is 2.29. The average Bonchev–Trinajstić information content (AvgIpc) is 3.21. The lowest BCUT2D eigenvalue weighted by Crippen LogP contribution is -2.27. The Morgan fingerprint density at radius 2 is 1.97 bits per heavy atom. The van der Waals surface area contributed by atoms with E-state index in [1.165, 1.54) is 23.3 Å². The van der Waals surface area contributed by atoms with Gasteiger partial charge in [0.2, 0.25) is 5.91 Å². The summed E-state index contributed by atoms with van der Waals surface area (Å²) in [5.41, 5.74) is 1.85. The standard InChI is InChI=1S/C20H20ClN3O3S2/c1-26-16-8-7-13(11-17(16)27-2)9-10-22-18(25)12-28-20-23-19(24-29-20)14-5-3-4-6-15(14)21/h3-8,11H,9-10,12H2,1-2H3,(H,22,25). The highest BCUT2D eigenvalue weighted by molar-refractivity contribution is 8.01. The van der Waals surface area contributed by atoms with Gasteiger partial charge in [0.1, 0.15) is 0 Å². The molecular formula is C20H20ClN3O3S2. The molecule has 0 aliphatic heterocycles. The maximum absolute atomic E-state index is 12.1. The number of methoxy groups -OCH3 is 2. The topological polar surface area (TPSA) is 73.3 Å². The number of amides is 1. The third-order valence-electron chi connectivity index (χ3n) is 4.03. The van der Waals surface area contributed by atoms with Gasteiger partial charge in [-0.15, -0.1) is 0 Å². The van der Waals surface area contributed by atoms with E-state index in [9.17, 15) is 4.79 Å². The summed E-state index contributed by atoms with van der Waals surface area (Å²) in [6, 6.07) is 13.2. The zero-order valence-electron chi connectivity index (χ0n) is 16.0. The van der Waals surface area contributed by atoms with Gasteiger partial charge < -0.3 is 14.8 Å². The molecule has 1 aromatic heterocycles. The van der Waals surface area contributed by atoms with E-state index < -0.39 is 0 Å². The smallest absolute Gasteiger partial charge is 0.230 e. The van der Waals surface area contributed by atoms with Crippen LogP contribution in [0.2, 0.25) is 5.02 Å². The number of benzene rings is 2. The number of nitrogens with one attached hydrogen (secondary N) is 1. The second-order valence-electron chi connectivity index (χ2n) is 5.94. The van der Waals surface area contributed by atoms with E-state index in [1.807, 2.05) is 36.4 Å². The van der Waals surface area contributed by atoms with Crippen molar-refractivity contribution in [1.82, 2.24) is 14.7 Å². The summed E-state index contributed by atoms with van der Waals surface area (Å²) in [5.74, 6) is 2.17. The Kier molecular flexibility index (Phi) is 7.74. The van der Waals surface area contributed by atoms with Crippen LogP contribution in [0.5, 0.6) is 11.5 Å². The molecule has 9 heteroatoms. The highest BCUT2D eigenvalue weighted by Gasteiger charge is 2.12. The molecular weight excluding hydrogens is 430 g/mol. The van der Waals surface area contributed by atoms with Crippen LogP contribution in [0.4, 0.5) is 0 Å². The van der Waals surface area contributed by atoms with E-state index >= 15 is 0 Å². The molecule has 0 aliphatic rings. The number of carbonyl (C=O) groups is 1. The molecule has 0 radical (unpaired) electrons. The monoisotopic (exact) mass is 449 g/mol. The SMILES string of the molecule is COc1ccc(CCNC(=O)CSc2nc(-c3ccccc3Cl)ns2)cc1OC. The summed E-state index contributed by atoms with van der Waals surface area (Å²) in [4.78, 5) is 16.6. The van der Waals surface area contributed by atoms with Crippen LogP contribution in [0.15, 0.2) is 46.8 Å². The van der Waals surface area contributed by atoms with E-state index in [0.29, 0.717) is 35.3 Å². The van der Waals surface area contributed by atoms with Crippen molar-refractivity contribution in [3.8, 4) is 22.9 Å². The molecule has 0 saturated heterocycles. The van der Waals surface area contributed by atoms with Crippen molar-refractivity contribution in [1.29, 1.82) is 0 Å². The van der Waals surface area contributed by atoms with Crippen LogP contribution in [-0.4, -0.2) is 41.8 Å². The van der Waals surface area contributed by atoms with Gasteiger partial charge >= 0.3 is 0 Å². The van der Waals surface area contributed by atoms with Crippen LogP contribution in [0.1, 0.15) is 5.56 Å². The maximum Gasteiger partial charge on any atom is 0.230 e. The van der Waals surface area contributed by atoms with Gasteiger partial charge in [-0.25, -0.2) is 4.98 Å². The van der Waals surface area contributed by atoms with E-state index in [-0.39, 0.29) is 11.7 Å². The predicted octanol–water partition coefficient (Wildman–Crippen LogP) is 4.33. The van der Waals surface area contributed by atoms with E-state index in [2.05, 4.69) is 14.7 Å². The lowest BCUT2D eigenvalue weighted by molar-refractivity contribution is -0.118. The minimum atomic E-state index is -0.0510. The van der Waals surface area contributed by atoms with E-state index in [1.54, 1.807) is 20.3 Å². The number of thioether (sulfide) groups is 1. The first-order valence-electron chi connectivity index (χ1n) is 8.79. The quantitative estimate of drug-likeness (QED) is 0.490. The van der Waals surface area contributed by atoms with Crippen molar-refractivity contribution in [3.63, 3.8) is 0 Å². The number of halogens is 1. The largest absolute Gasteiger partial charge is 0.493 e. The van der Waals surface area contributed by atoms with Crippen LogP contribution in [-0.2, 0) is 11.2 Å². The average molecular weight is 450 g/mol. The summed E-state index contributed by atoms with van der Waals surface area (Å²) in [6.45, 7) is 0.538. The molecule has 1 heterocycles. The molecule has 0 bridgehead atoms. The maximum atomic E-state index is 12.1. The number of rotatable bonds is 9. The Balaban J connectivity index is 1.46. The fourth-order valence-corrected chi connectivity index (χ4v) is 4.24. The van der Waals surface area contributed by atoms with Crippen molar-refractivity contribution >= 4 is 40.8 Å². The molecule has 0 spiro atoms. The second-order valence-corrected chi connectivity index (χ2v) is 8.32. The van der Waals surface area contributed by atoms with Crippen molar-refractivity contribution in [2.45, 2.75) is 10.8 Å². The van der Waals surface area contributed by atoms with Crippen LogP contribution in [0, 0.1) is 0 Å². The number of hydrogen-bond acceptors (Lipinski definition) is 7. The molecule has 29 heavy (non-hydrogen) atoms. The normalized spacial score (nSPS) is 10.6. The fourth-order valence-electron chi connectivity index (χ4n) is 2.58. The van der Waals surface area contributed by atoms with E-state index in [4.69, 9.17) is 21.1 Å². The van der Waals surface area contributed by atoms with Crippen LogP contribution >= 0.6 is 34.9 Å². The molecule has 0 unspecified atom stereocenters. The van der Waals surface area contributed by atoms with E-state index in [0.717, 1.165) is 15.5 Å². The van der Waals surface area contributed by atoms with Gasteiger partial charge in [-0.05, 0) is 47.8 Å². The molecule has 3 rings (SSSR count). The van der Waals surface area contributed by atoms with Gasteiger partial charge in [-0.1, -0.05) is 41.6 Å². The number of carbonyl (C=O) groups excluding carboxylic acids is 1. The summed E-state index contributed by atoms with van der Waals surface area (Å²) < 4.78 is 15.6. The second kappa shape index (κ2) is 10.5. The Labute approximate surface area is 182 Å². The van der Waals surface area contributed by atoms with Crippen molar-refractivity contribution in [3.05, 3.63) is 53.1 Å². The fraction of sp³-hybridized carbons (Fsp3) is 0.250. The molecule has 1 N–H and O–H groups in total. The minimum absolute atomic E-state index is 0.0510. The number of nitrogens with zero attached hydrogens (tertiary/aromatic N) is 2. The number of hydrogen-bond donors (Lipinski definition) is 1. The highest BCUT2D eigenvalue weighted by atomic mass is 35.5. The van der Waals surface area contributed by atoms with Gasteiger partial charge in [-0.3, -0.25) is 4.79 Å². The first kappa shape index (κ1) is 21.4. The van der Waals surface area contributed by atoms with Crippen LogP contribution in [0.3, 0.4) is 0 Å². The number of aromatic nitrogens is 2. The molecule has 2 aromatic carbocycles. The van der Waals surface area contributed by atoms with Crippen molar-refractivity contribution in [2.75, 3.05) is 26.5 Å². The summed E-state index contributed by atoms with van der Waals surface area (Å²) in [5, 5.41) is 3.52. The third kappa shape index (κ3) is 5.85. The molecule has 0 aliphatic carbocycles. The molecule has 0 atom stereocenters. The molecule has 152 valence electrons. The van der Waals surface area contributed by atoms with Crippen LogP contribution in [0.25, 0.3) is 11.4 Å². The van der Waals surface area contributed by atoms with Gasteiger partial charge in [-0.2, -0.15) is 4.37 Å². The molecule has 1 amide bonds. The first-order valence-corrected chi connectivity index (χ1v) is 10.9. The molecule has 0 fully saturated rings. The lowest BCUT2D eigenvalue weighted by Gasteiger charge is -2.10. The third-order valence-corrected chi connectivity index (χ3v) is 6.20. The van der Waals surface area contributed by atoms with Crippen LogP contribution < -0.4 is 14.8 Å². The minimum Gasteiger partial charge on any atom is -0.493 e. The molecule has 0 saturated carbocycles. The zero-order valence-corrected chi connectivity index (χ0v) is 18.4. The zero-order chi connectivity index (χ0) is 20.6. The van der Waals surface area contributed by atoms with Gasteiger partial charge in [0.25, 0.3) is 0 Å². The Hall–Kier alpha value is -2.29. The van der Waals surface area contributed by atoms with Gasteiger partial charge in [0.05, 0.1) is 25.0 Å². The number of ether oxygens (including phenoxy) is 2. The predicted molar refractivity (Wildman–Crippen MR) is 117 cm³/mol. The Morgan fingerprint density at radius 1 is 1.17 bits per heavy atom. The first-order chi connectivity index (χ1) is 14.1.